The zero-order valence-electron chi connectivity index (χ0n) is 28.6. The Balaban J connectivity index is 1.41. The maximum absolute atomic E-state index is 14.4. The number of anilines is 1. The highest BCUT2D eigenvalue weighted by atomic mass is 16.5. The number of carboxylic acids is 1. The van der Waals surface area contributed by atoms with Crippen molar-refractivity contribution in [3.8, 4) is 0 Å². The van der Waals surface area contributed by atoms with Crippen LogP contribution in [0.25, 0.3) is 0 Å². The van der Waals surface area contributed by atoms with Crippen LogP contribution in [0.4, 0.5) is 5.69 Å². The van der Waals surface area contributed by atoms with Crippen LogP contribution in [-0.2, 0) is 36.8 Å². The molecule has 4 amide bonds. The van der Waals surface area contributed by atoms with Gasteiger partial charge >= 0.3 is 5.97 Å². The number of pyridine rings is 1. The van der Waals surface area contributed by atoms with Crippen LogP contribution in [0.15, 0.2) is 79.1 Å². The molecule has 13 nitrogen and oxygen atoms in total. The van der Waals surface area contributed by atoms with Crippen molar-refractivity contribution in [1.29, 1.82) is 0 Å². The lowest BCUT2D eigenvalue weighted by Gasteiger charge is -2.32. The monoisotopic (exact) mass is 699 g/mol. The molecule has 3 aromatic rings. The molecule has 5 rings (SSSR count). The Kier molecular flexibility index (Phi) is 12.2. The number of aliphatic hydroxyl groups is 2. The van der Waals surface area contributed by atoms with Crippen molar-refractivity contribution >= 4 is 35.3 Å². The summed E-state index contributed by atoms with van der Waals surface area (Å²) in [6.45, 7) is 1.74. The zero-order valence-corrected chi connectivity index (χ0v) is 28.6. The van der Waals surface area contributed by atoms with Crippen molar-refractivity contribution in [2.75, 3.05) is 11.4 Å². The molecule has 1 aromatic heterocycles. The van der Waals surface area contributed by atoms with Crippen molar-refractivity contribution in [3.63, 3.8) is 0 Å². The fraction of sp³-hybridized carbons (Fsp3) is 0.421. The SMILES string of the molecule is CC(=O)NCCC1(C(=O)NC(Cc2ccc(N3C(=O)C(Cc4cccnc4)N(C(=O)CCC(O)O)C3c3ccccc3)cc2)C(=O)O)CCCC1. The van der Waals surface area contributed by atoms with Gasteiger partial charge in [0.2, 0.25) is 17.7 Å². The summed E-state index contributed by atoms with van der Waals surface area (Å²) >= 11 is 0. The predicted molar refractivity (Wildman–Crippen MR) is 187 cm³/mol. The smallest absolute Gasteiger partial charge is 0.326 e. The van der Waals surface area contributed by atoms with Crippen LogP contribution in [0.1, 0.15) is 74.7 Å². The van der Waals surface area contributed by atoms with E-state index >= 15 is 0 Å². The summed E-state index contributed by atoms with van der Waals surface area (Å²) in [6, 6.07) is 17.4. The van der Waals surface area contributed by atoms with Crippen molar-refractivity contribution < 1.29 is 39.3 Å². The van der Waals surface area contributed by atoms with E-state index in [1.807, 2.05) is 36.4 Å². The molecule has 1 aliphatic heterocycles. The van der Waals surface area contributed by atoms with Crippen LogP contribution in [0.5, 0.6) is 0 Å². The first-order valence-corrected chi connectivity index (χ1v) is 17.3. The lowest BCUT2D eigenvalue weighted by Crippen LogP contribution is -2.49. The molecule has 2 heterocycles. The molecule has 5 N–H and O–H groups in total. The maximum Gasteiger partial charge on any atom is 0.326 e. The molecule has 270 valence electrons. The summed E-state index contributed by atoms with van der Waals surface area (Å²) in [5, 5.41) is 34.6. The zero-order chi connectivity index (χ0) is 36.5. The minimum atomic E-state index is -1.69. The van der Waals surface area contributed by atoms with Crippen LogP contribution >= 0.6 is 0 Å². The Labute approximate surface area is 296 Å². The third-order valence-corrected chi connectivity index (χ3v) is 9.80. The van der Waals surface area contributed by atoms with Gasteiger partial charge in [0.15, 0.2) is 6.29 Å². The van der Waals surface area contributed by atoms with Crippen LogP contribution in [0, 0.1) is 5.41 Å². The van der Waals surface area contributed by atoms with E-state index in [4.69, 9.17) is 0 Å². The molecule has 2 fully saturated rings. The van der Waals surface area contributed by atoms with Gasteiger partial charge in [-0.1, -0.05) is 61.4 Å². The van der Waals surface area contributed by atoms with Crippen LogP contribution in [0.3, 0.4) is 0 Å². The molecule has 2 aliphatic rings. The van der Waals surface area contributed by atoms with Gasteiger partial charge in [-0.2, -0.15) is 0 Å². The number of carboxylic acid groups (broad SMARTS) is 1. The van der Waals surface area contributed by atoms with Gasteiger partial charge in [0.05, 0.1) is 5.41 Å². The minimum absolute atomic E-state index is 0.00306. The molecule has 0 bridgehead atoms. The quantitative estimate of drug-likeness (QED) is 0.149. The van der Waals surface area contributed by atoms with Crippen molar-refractivity contribution in [3.05, 3.63) is 95.8 Å². The number of carbonyl (C=O) groups is 5. The van der Waals surface area contributed by atoms with E-state index in [9.17, 15) is 39.3 Å². The van der Waals surface area contributed by atoms with Crippen molar-refractivity contribution in [2.45, 2.75) is 89.3 Å². The third-order valence-electron chi connectivity index (χ3n) is 9.80. The van der Waals surface area contributed by atoms with Gasteiger partial charge in [-0.25, -0.2) is 4.79 Å². The molecule has 0 spiro atoms. The average Bonchev–Trinajstić information content (AvgIpc) is 3.71. The maximum atomic E-state index is 14.4. The van der Waals surface area contributed by atoms with E-state index in [2.05, 4.69) is 15.6 Å². The highest BCUT2D eigenvalue weighted by Gasteiger charge is 2.49. The number of aromatic nitrogens is 1. The van der Waals surface area contributed by atoms with E-state index in [0.29, 0.717) is 42.6 Å². The second kappa shape index (κ2) is 16.7. The molecule has 1 saturated carbocycles. The summed E-state index contributed by atoms with van der Waals surface area (Å²) < 4.78 is 0. The van der Waals surface area contributed by atoms with Gasteiger partial charge < -0.3 is 30.9 Å². The van der Waals surface area contributed by atoms with Gasteiger partial charge in [0.1, 0.15) is 18.2 Å². The molecular weight excluding hydrogens is 654 g/mol. The summed E-state index contributed by atoms with van der Waals surface area (Å²) in [5.41, 5.74) is 1.77. The molecule has 3 unspecified atom stereocenters. The number of hydrogen-bond acceptors (Lipinski definition) is 8. The fourth-order valence-electron chi connectivity index (χ4n) is 7.18. The number of aliphatic hydroxyl groups excluding tert-OH is 1. The lowest BCUT2D eigenvalue weighted by atomic mass is 9.81. The molecule has 3 atom stereocenters. The first-order valence-electron chi connectivity index (χ1n) is 17.3. The highest BCUT2D eigenvalue weighted by Crippen LogP contribution is 2.42. The largest absolute Gasteiger partial charge is 0.480 e. The molecule has 0 radical (unpaired) electrons. The molecule has 51 heavy (non-hydrogen) atoms. The number of aliphatic carboxylic acids is 1. The average molecular weight is 700 g/mol. The Morgan fingerprint density at radius 1 is 0.961 bits per heavy atom. The fourth-order valence-corrected chi connectivity index (χ4v) is 7.18. The van der Waals surface area contributed by atoms with Gasteiger partial charge in [-0.05, 0) is 54.2 Å². The third kappa shape index (κ3) is 8.97. The highest BCUT2D eigenvalue weighted by molar-refractivity contribution is 6.03. The van der Waals surface area contributed by atoms with Gasteiger partial charge in [0.25, 0.3) is 5.91 Å². The minimum Gasteiger partial charge on any atom is -0.480 e. The normalized spacial score (nSPS) is 18.9. The number of amides is 4. The van der Waals surface area contributed by atoms with Crippen LogP contribution in [-0.4, -0.2) is 79.7 Å². The number of hydrogen-bond donors (Lipinski definition) is 5. The number of nitrogens with one attached hydrogen (secondary N) is 2. The van der Waals surface area contributed by atoms with Gasteiger partial charge in [-0.15, -0.1) is 0 Å². The Morgan fingerprint density at radius 2 is 1.67 bits per heavy atom. The predicted octanol–water partition coefficient (Wildman–Crippen LogP) is 2.86. The standard InChI is InChI=1S/C38H45N5O8/c1-25(44)40-21-19-38(17-5-6-18-38)37(51)41-30(36(49)50)22-26-11-13-29(14-12-26)42-34(28-9-3-2-4-10-28)43(32(45)15-16-33(46)47)31(35(42)48)23-27-8-7-20-39-24-27/h2-4,7-14,20,24,30-31,33-34,46-47H,5-6,15-19,21-23H2,1H3,(H,40,44)(H,41,51)(H,49,50). The van der Waals surface area contributed by atoms with Crippen molar-refractivity contribution in [1.82, 2.24) is 20.5 Å². The second-order valence-electron chi connectivity index (χ2n) is 13.3. The summed E-state index contributed by atoms with van der Waals surface area (Å²) in [4.78, 5) is 72.7. The summed E-state index contributed by atoms with van der Waals surface area (Å²) in [6.07, 6.45) is 3.87. The Bertz CT molecular complexity index is 1680. The Hall–Kier alpha value is -5.14. The summed E-state index contributed by atoms with van der Waals surface area (Å²) in [7, 11) is 0. The topological polar surface area (TPSA) is 189 Å². The molecule has 2 aromatic carbocycles. The molecule has 1 saturated heterocycles. The summed E-state index contributed by atoms with van der Waals surface area (Å²) in [5.74, 6) is -2.46. The second-order valence-corrected chi connectivity index (χ2v) is 13.3. The molecule has 13 heteroatoms. The molecule has 1 aliphatic carbocycles. The number of carbonyl (C=O) groups excluding carboxylic acids is 4. The van der Waals surface area contributed by atoms with Crippen LogP contribution in [0.2, 0.25) is 0 Å². The van der Waals surface area contributed by atoms with E-state index in [1.54, 1.807) is 47.6 Å². The number of benzene rings is 2. The first-order chi connectivity index (χ1) is 24.5. The number of rotatable bonds is 15. The van der Waals surface area contributed by atoms with E-state index in [0.717, 1.165) is 18.4 Å². The molecular formula is C38H45N5O8. The van der Waals surface area contributed by atoms with E-state index in [-0.39, 0.29) is 43.4 Å². The first kappa shape index (κ1) is 37.1. The number of nitrogens with zero attached hydrogens (tertiary/aromatic N) is 3. The van der Waals surface area contributed by atoms with Gasteiger partial charge in [0, 0.05) is 57.2 Å². The van der Waals surface area contributed by atoms with E-state index < -0.39 is 41.8 Å². The van der Waals surface area contributed by atoms with Crippen molar-refractivity contribution in [2.24, 2.45) is 5.41 Å². The Morgan fingerprint density at radius 3 is 2.27 bits per heavy atom. The van der Waals surface area contributed by atoms with E-state index in [1.165, 1.54) is 11.8 Å². The van der Waals surface area contributed by atoms with Gasteiger partial charge in [-0.3, -0.25) is 29.1 Å². The van der Waals surface area contributed by atoms with Crippen LogP contribution < -0.4 is 15.5 Å². The lowest BCUT2D eigenvalue weighted by molar-refractivity contribution is -0.144.